The van der Waals surface area contributed by atoms with Crippen molar-refractivity contribution in [1.82, 2.24) is 9.88 Å². The Kier molecular flexibility index (Phi) is 4.30. The van der Waals surface area contributed by atoms with E-state index in [1.165, 1.54) is 11.8 Å². The van der Waals surface area contributed by atoms with E-state index in [2.05, 4.69) is 9.88 Å². The largest absolute Gasteiger partial charge is 0.478 e. The number of pyridine rings is 1. The van der Waals surface area contributed by atoms with Crippen molar-refractivity contribution in [1.29, 1.82) is 0 Å². The average molecular weight is 260 g/mol. The van der Waals surface area contributed by atoms with Gasteiger partial charge in [0.2, 0.25) is 0 Å². The van der Waals surface area contributed by atoms with Gasteiger partial charge in [0, 0.05) is 18.9 Å². The highest BCUT2D eigenvalue weighted by atomic mass is 16.4. The van der Waals surface area contributed by atoms with Gasteiger partial charge in [0.15, 0.2) is 0 Å². The van der Waals surface area contributed by atoms with Crippen LogP contribution in [0.3, 0.4) is 0 Å². The number of carboxylic acids is 1. The number of hydrogen-bond donors (Lipinski definition) is 1. The fourth-order valence-electron chi connectivity index (χ4n) is 1.79. The second kappa shape index (κ2) is 6.15. The topological polar surface area (TPSA) is 66.6 Å². The maximum absolute atomic E-state index is 10.7. The summed E-state index contributed by atoms with van der Waals surface area (Å²) in [5.41, 5.74) is 1.42. The molecule has 0 aliphatic heterocycles. The second-order valence-electron chi connectivity index (χ2n) is 4.45. The van der Waals surface area contributed by atoms with E-state index in [9.17, 15) is 4.79 Å². The number of aromatic nitrogens is 1. The molecule has 2 aromatic heterocycles. The number of carbonyl (C=O) groups is 1. The summed E-state index contributed by atoms with van der Waals surface area (Å²) in [5, 5.41) is 8.80. The molecule has 1 N–H and O–H groups in total. The highest BCUT2D eigenvalue weighted by molar-refractivity contribution is 5.87. The van der Waals surface area contributed by atoms with Crippen LogP contribution in [0.4, 0.5) is 0 Å². The molecule has 0 bridgehead atoms. The number of likely N-dealkylation sites (N-methyl/N-ethyl adjacent to an activating group) is 1. The molecule has 0 atom stereocenters. The van der Waals surface area contributed by atoms with Crippen molar-refractivity contribution in [3.63, 3.8) is 0 Å². The predicted molar refractivity (Wildman–Crippen MR) is 69.9 cm³/mol. The zero-order valence-corrected chi connectivity index (χ0v) is 10.7. The summed E-state index contributed by atoms with van der Waals surface area (Å²) in [6, 6.07) is 5.54. The van der Waals surface area contributed by atoms with Crippen LogP contribution in [0.15, 0.2) is 41.3 Å². The van der Waals surface area contributed by atoms with Gasteiger partial charge in [-0.25, -0.2) is 4.79 Å². The molecule has 0 saturated carbocycles. The van der Waals surface area contributed by atoms with E-state index in [-0.39, 0.29) is 5.56 Å². The highest BCUT2D eigenvalue weighted by Gasteiger charge is 2.09. The first-order valence-corrected chi connectivity index (χ1v) is 6.03. The Labute approximate surface area is 111 Å². The Balaban J connectivity index is 1.83. The van der Waals surface area contributed by atoms with Crippen molar-refractivity contribution in [2.45, 2.75) is 13.0 Å². The standard InChI is InChI=1S/C14H16N2O3/c1-16(7-4-11-2-5-15-6-3-11)9-13-8-12(10-19-13)14(17)18/h2-3,5-6,8,10H,4,7,9H2,1H3,(H,17,18). The van der Waals surface area contributed by atoms with Gasteiger partial charge in [0.05, 0.1) is 12.1 Å². The van der Waals surface area contributed by atoms with Gasteiger partial charge in [0.1, 0.15) is 12.0 Å². The van der Waals surface area contributed by atoms with Gasteiger partial charge in [-0.3, -0.25) is 9.88 Å². The molecule has 0 aliphatic carbocycles. The molecule has 0 aromatic carbocycles. The van der Waals surface area contributed by atoms with Gasteiger partial charge in [-0.15, -0.1) is 0 Å². The molecule has 2 rings (SSSR count). The first kappa shape index (κ1) is 13.3. The van der Waals surface area contributed by atoms with Crippen molar-refractivity contribution in [2.24, 2.45) is 0 Å². The molecule has 0 amide bonds. The van der Waals surface area contributed by atoms with Gasteiger partial charge >= 0.3 is 5.97 Å². The van der Waals surface area contributed by atoms with Crippen LogP contribution in [0.25, 0.3) is 0 Å². The van der Waals surface area contributed by atoms with Gasteiger partial charge in [0.25, 0.3) is 0 Å². The quantitative estimate of drug-likeness (QED) is 0.861. The monoisotopic (exact) mass is 260 g/mol. The fourth-order valence-corrected chi connectivity index (χ4v) is 1.79. The minimum absolute atomic E-state index is 0.192. The summed E-state index contributed by atoms with van der Waals surface area (Å²) in [4.78, 5) is 16.8. The van der Waals surface area contributed by atoms with Crippen LogP contribution in [-0.2, 0) is 13.0 Å². The zero-order valence-electron chi connectivity index (χ0n) is 10.7. The summed E-state index contributed by atoms with van der Waals surface area (Å²) < 4.78 is 5.22. The number of rotatable bonds is 6. The molecule has 0 radical (unpaired) electrons. The Morgan fingerprint density at radius 2 is 2.16 bits per heavy atom. The minimum atomic E-state index is -0.963. The summed E-state index contributed by atoms with van der Waals surface area (Å²) >= 11 is 0. The molecule has 5 heteroatoms. The Morgan fingerprint density at radius 1 is 1.42 bits per heavy atom. The van der Waals surface area contributed by atoms with E-state index in [0.29, 0.717) is 12.3 Å². The molecule has 19 heavy (non-hydrogen) atoms. The van der Waals surface area contributed by atoms with E-state index in [1.807, 2.05) is 19.2 Å². The molecule has 0 fully saturated rings. The normalized spacial score (nSPS) is 10.8. The lowest BCUT2D eigenvalue weighted by molar-refractivity contribution is 0.0696. The van der Waals surface area contributed by atoms with Crippen LogP contribution in [0.5, 0.6) is 0 Å². The van der Waals surface area contributed by atoms with E-state index < -0.39 is 5.97 Å². The first-order valence-electron chi connectivity index (χ1n) is 6.03. The number of aromatic carboxylic acids is 1. The molecule has 2 heterocycles. The SMILES string of the molecule is CN(CCc1ccncc1)Cc1cc(C(=O)O)co1. The zero-order chi connectivity index (χ0) is 13.7. The average Bonchev–Trinajstić information content (AvgIpc) is 2.86. The van der Waals surface area contributed by atoms with Gasteiger partial charge in [-0.1, -0.05) is 0 Å². The van der Waals surface area contributed by atoms with Crippen LogP contribution in [0, 0.1) is 0 Å². The summed E-state index contributed by atoms with van der Waals surface area (Å²) in [6.45, 7) is 1.46. The van der Waals surface area contributed by atoms with E-state index in [0.717, 1.165) is 13.0 Å². The van der Waals surface area contributed by atoms with Crippen molar-refractivity contribution >= 4 is 5.97 Å². The molecule has 0 aliphatic rings. The van der Waals surface area contributed by atoms with Gasteiger partial charge < -0.3 is 9.52 Å². The van der Waals surface area contributed by atoms with Crippen LogP contribution in [0.1, 0.15) is 21.7 Å². The van der Waals surface area contributed by atoms with Crippen molar-refractivity contribution in [2.75, 3.05) is 13.6 Å². The second-order valence-corrected chi connectivity index (χ2v) is 4.45. The van der Waals surface area contributed by atoms with Crippen LogP contribution in [-0.4, -0.2) is 34.6 Å². The lowest BCUT2D eigenvalue weighted by atomic mass is 10.2. The molecular formula is C14H16N2O3. The van der Waals surface area contributed by atoms with E-state index in [4.69, 9.17) is 9.52 Å². The lowest BCUT2D eigenvalue weighted by Crippen LogP contribution is -2.20. The Bertz CT molecular complexity index is 537. The van der Waals surface area contributed by atoms with Crippen LogP contribution in [0.2, 0.25) is 0 Å². The van der Waals surface area contributed by atoms with Gasteiger partial charge in [-0.05, 0) is 37.2 Å². The van der Waals surface area contributed by atoms with Gasteiger partial charge in [-0.2, -0.15) is 0 Å². The summed E-state index contributed by atoms with van der Waals surface area (Å²) in [5.74, 6) is -0.302. The van der Waals surface area contributed by atoms with Crippen molar-refractivity contribution in [3.05, 3.63) is 53.7 Å². The molecule has 0 spiro atoms. The number of furan rings is 1. The third-order valence-electron chi connectivity index (χ3n) is 2.86. The molecule has 0 unspecified atom stereocenters. The van der Waals surface area contributed by atoms with Crippen molar-refractivity contribution < 1.29 is 14.3 Å². The third-order valence-corrected chi connectivity index (χ3v) is 2.86. The fraction of sp³-hybridized carbons (Fsp3) is 0.286. The highest BCUT2D eigenvalue weighted by Crippen LogP contribution is 2.10. The molecule has 0 saturated heterocycles. The summed E-state index contributed by atoms with van der Waals surface area (Å²) in [6.07, 6.45) is 5.75. The third kappa shape index (κ3) is 3.93. The number of carboxylic acid groups (broad SMARTS) is 1. The first-order chi connectivity index (χ1) is 9.15. The number of hydrogen-bond acceptors (Lipinski definition) is 4. The molecule has 2 aromatic rings. The lowest BCUT2D eigenvalue weighted by Gasteiger charge is -2.14. The molecule has 100 valence electrons. The van der Waals surface area contributed by atoms with E-state index in [1.54, 1.807) is 18.5 Å². The number of nitrogens with zero attached hydrogens (tertiary/aromatic N) is 2. The maximum atomic E-state index is 10.7. The van der Waals surface area contributed by atoms with Crippen molar-refractivity contribution in [3.8, 4) is 0 Å². The van der Waals surface area contributed by atoms with Crippen LogP contribution >= 0.6 is 0 Å². The van der Waals surface area contributed by atoms with E-state index >= 15 is 0 Å². The minimum Gasteiger partial charge on any atom is -0.478 e. The summed E-state index contributed by atoms with van der Waals surface area (Å²) in [7, 11) is 1.98. The smallest absolute Gasteiger partial charge is 0.338 e. The molecule has 5 nitrogen and oxygen atoms in total. The predicted octanol–water partition coefficient (Wildman–Crippen LogP) is 2.05. The Hall–Kier alpha value is -2.14. The Morgan fingerprint density at radius 3 is 2.79 bits per heavy atom. The van der Waals surface area contributed by atoms with Crippen LogP contribution < -0.4 is 0 Å². The maximum Gasteiger partial charge on any atom is 0.338 e. The molecular weight excluding hydrogens is 244 g/mol.